The van der Waals surface area contributed by atoms with Crippen LogP contribution >= 0.6 is 11.3 Å². The molecule has 1 unspecified atom stereocenters. The molecule has 152 valence electrons. The van der Waals surface area contributed by atoms with E-state index in [4.69, 9.17) is 4.74 Å². The molecule has 2 aromatic rings. The molecule has 3 rings (SSSR count). The Morgan fingerprint density at radius 2 is 1.89 bits per heavy atom. The van der Waals surface area contributed by atoms with Crippen LogP contribution in [0.3, 0.4) is 0 Å². The fourth-order valence-corrected chi connectivity index (χ4v) is 5.27. The topological polar surface area (TPSA) is 75.7 Å². The molecule has 0 aliphatic carbocycles. The summed E-state index contributed by atoms with van der Waals surface area (Å²) in [5, 5.41) is 7.15. The fraction of sp³-hybridized carbons (Fsp3) is 0.450. The number of thiophene rings is 1. The highest BCUT2D eigenvalue weighted by atomic mass is 32.2. The van der Waals surface area contributed by atoms with Crippen molar-refractivity contribution in [3.05, 3.63) is 52.2 Å². The van der Waals surface area contributed by atoms with Crippen LogP contribution in [0.25, 0.3) is 0 Å². The van der Waals surface area contributed by atoms with Gasteiger partial charge in [0.05, 0.1) is 18.1 Å². The standard InChI is InChI=1S/C20H26N2O4S2/c1-16(14-18-8-13-27-15-18)21-20(23)7-4-17-2-5-19(6-3-17)28(24,25)22-9-11-26-12-10-22/h2-3,5-6,8,13,15-16H,4,7,9-12,14H2,1H3,(H,21,23). The lowest BCUT2D eigenvalue weighted by molar-refractivity contribution is -0.121. The Morgan fingerprint density at radius 1 is 1.18 bits per heavy atom. The third kappa shape index (κ3) is 5.64. The van der Waals surface area contributed by atoms with Gasteiger partial charge >= 0.3 is 0 Å². The summed E-state index contributed by atoms with van der Waals surface area (Å²) in [5.74, 6) is 0.00717. The molecule has 28 heavy (non-hydrogen) atoms. The molecular formula is C20H26N2O4S2. The molecule has 1 N–H and O–H groups in total. The number of morpholine rings is 1. The molecule has 1 fully saturated rings. The van der Waals surface area contributed by atoms with Gasteiger partial charge in [-0.2, -0.15) is 15.6 Å². The summed E-state index contributed by atoms with van der Waals surface area (Å²) in [6.45, 7) is 3.62. The Kier molecular flexibility index (Phi) is 7.23. The molecule has 1 aromatic heterocycles. The number of hydrogen-bond acceptors (Lipinski definition) is 5. The van der Waals surface area contributed by atoms with E-state index in [1.165, 1.54) is 9.87 Å². The van der Waals surface area contributed by atoms with Gasteiger partial charge in [-0.1, -0.05) is 12.1 Å². The van der Waals surface area contributed by atoms with Gasteiger partial charge in [0.2, 0.25) is 15.9 Å². The van der Waals surface area contributed by atoms with Crippen molar-refractivity contribution in [2.75, 3.05) is 26.3 Å². The summed E-state index contributed by atoms with van der Waals surface area (Å²) in [7, 11) is -3.48. The summed E-state index contributed by atoms with van der Waals surface area (Å²) in [4.78, 5) is 12.4. The van der Waals surface area contributed by atoms with E-state index in [0.717, 1.165) is 12.0 Å². The third-order valence-corrected chi connectivity index (χ3v) is 7.35. The largest absolute Gasteiger partial charge is 0.379 e. The summed E-state index contributed by atoms with van der Waals surface area (Å²) in [5.41, 5.74) is 2.18. The summed E-state index contributed by atoms with van der Waals surface area (Å²) in [6.07, 6.45) is 1.78. The van der Waals surface area contributed by atoms with Crippen LogP contribution in [0.5, 0.6) is 0 Å². The predicted octanol–water partition coefficient (Wildman–Crippen LogP) is 2.45. The highest BCUT2D eigenvalue weighted by molar-refractivity contribution is 7.89. The van der Waals surface area contributed by atoms with Gasteiger partial charge in [0.1, 0.15) is 0 Å². The van der Waals surface area contributed by atoms with Crippen molar-refractivity contribution < 1.29 is 17.9 Å². The number of sulfonamides is 1. The number of benzene rings is 1. The van der Waals surface area contributed by atoms with Crippen molar-refractivity contribution in [2.45, 2.75) is 37.1 Å². The second-order valence-corrected chi connectivity index (χ2v) is 9.68. The molecule has 0 spiro atoms. The lowest BCUT2D eigenvalue weighted by Gasteiger charge is -2.26. The average Bonchev–Trinajstić information content (AvgIpc) is 3.20. The summed E-state index contributed by atoms with van der Waals surface area (Å²) >= 11 is 1.66. The molecule has 1 aromatic carbocycles. The molecule has 1 aliphatic rings. The Balaban J connectivity index is 1.49. The minimum atomic E-state index is -3.48. The van der Waals surface area contributed by atoms with Crippen LogP contribution in [0.15, 0.2) is 46.0 Å². The van der Waals surface area contributed by atoms with Gasteiger partial charge in [-0.15, -0.1) is 0 Å². The van der Waals surface area contributed by atoms with E-state index >= 15 is 0 Å². The number of ether oxygens (including phenoxy) is 1. The molecule has 8 heteroatoms. The first-order valence-corrected chi connectivity index (χ1v) is 11.8. The van der Waals surface area contributed by atoms with E-state index in [9.17, 15) is 13.2 Å². The van der Waals surface area contributed by atoms with Crippen LogP contribution in [-0.2, 0) is 32.4 Å². The van der Waals surface area contributed by atoms with Gasteiger partial charge < -0.3 is 10.1 Å². The highest BCUT2D eigenvalue weighted by Gasteiger charge is 2.26. The molecule has 1 amide bonds. The van der Waals surface area contributed by atoms with Gasteiger partial charge in [-0.25, -0.2) is 8.42 Å². The third-order valence-electron chi connectivity index (χ3n) is 4.70. The van der Waals surface area contributed by atoms with Gasteiger partial charge in [0.25, 0.3) is 0 Å². The number of carbonyl (C=O) groups excluding carboxylic acids is 1. The van der Waals surface area contributed by atoms with E-state index < -0.39 is 10.0 Å². The monoisotopic (exact) mass is 422 g/mol. The lowest BCUT2D eigenvalue weighted by atomic mass is 10.1. The van der Waals surface area contributed by atoms with Crippen LogP contribution in [0, 0.1) is 0 Å². The number of aryl methyl sites for hydroxylation is 1. The number of carbonyl (C=O) groups is 1. The lowest BCUT2D eigenvalue weighted by Crippen LogP contribution is -2.40. The van der Waals surface area contributed by atoms with Crippen molar-refractivity contribution in [2.24, 2.45) is 0 Å². The minimum absolute atomic E-state index is 0.00717. The first kappa shape index (κ1) is 21.0. The number of nitrogens with one attached hydrogen (secondary N) is 1. The van der Waals surface area contributed by atoms with Crippen molar-refractivity contribution in [3.63, 3.8) is 0 Å². The predicted molar refractivity (Wildman–Crippen MR) is 110 cm³/mol. The fourth-order valence-electron chi connectivity index (χ4n) is 3.18. The maximum Gasteiger partial charge on any atom is 0.243 e. The van der Waals surface area contributed by atoms with Crippen LogP contribution in [-0.4, -0.2) is 51.0 Å². The molecule has 6 nitrogen and oxygen atoms in total. The Hall–Kier alpha value is -1.74. The van der Waals surface area contributed by atoms with Crippen LogP contribution in [0.2, 0.25) is 0 Å². The zero-order valence-corrected chi connectivity index (χ0v) is 17.6. The number of hydrogen-bond donors (Lipinski definition) is 1. The Morgan fingerprint density at radius 3 is 2.54 bits per heavy atom. The number of rotatable bonds is 8. The first-order chi connectivity index (χ1) is 13.4. The van der Waals surface area contributed by atoms with E-state index in [1.807, 2.05) is 12.3 Å². The molecule has 0 radical (unpaired) electrons. The summed E-state index contributed by atoms with van der Waals surface area (Å²) < 4.78 is 31.9. The zero-order valence-electron chi connectivity index (χ0n) is 16.0. The number of amides is 1. The minimum Gasteiger partial charge on any atom is -0.379 e. The van der Waals surface area contributed by atoms with Gasteiger partial charge in [-0.3, -0.25) is 4.79 Å². The molecular weight excluding hydrogens is 396 g/mol. The van der Waals surface area contributed by atoms with Crippen molar-refractivity contribution in [1.82, 2.24) is 9.62 Å². The van der Waals surface area contributed by atoms with Crippen molar-refractivity contribution in [3.8, 4) is 0 Å². The zero-order chi connectivity index (χ0) is 20.0. The van der Waals surface area contributed by atoms with Crippen molar-refractivity contribution in [1.29, 1.82) is 0 Å². The summed E-state index contributed by atoms with van der Waals surface area (Å²) in [6, 6.07) is 8.97. The second-order valence-electron chi connectivity index (χ2n) is 6.96. The maximum atomic E-state index is 12.6. The number of nitrogens with zero attached hydrogens (tertiary/aromatic N) is 1. The van der Waals surface area contributed by atoms with E-state index in [1.54, 1.807) is 35.6 Å². The Bertz CT molecular complexity index is 858. The molecule has 1 aliphatic heterocycles. The van der Waals surface area contributed by atoms with E-state index in [2.05, 4.69) is 16.8 Å². The van der Waals surface area contributed by atoms with Gasteiger partial charge in [0, 0.05) is 25.6 Å². The maximum absolute atomic E-state index is 12.6. The van der Waals surface area contributed by atoms with E-state index in [-0.39, 0.29) is 16.8 Å². The molecule has 1 saturated heterocycles. The van der Waals surface area contributed by atoms with Crippen LogP contribution < -0.4 is 5.32 Å². The van der Waals surface area contributed by atoms with Crippen molar-refractivity contribution >= 4 is 27.3 Å². The van der Waals surface area contributed by atoms with E-state index in [0.29, 0.717) is 39.1 Å². The van der Waals surface area contributed by atoms with Gasteiger partial charge in [0.15, 0.2) is 0 Å². The quantitative estimate of drug-likeness (QED) is 0.709. The Labute approximate surface area is 170 Å². The second kappa shape index (κ2) is 9.65. The molecule has 2 heterocycles. The smallest absolute Gasteiger partial charge is 0.243 e. The normalized spacial score (nSPS) is 16.6. The van der Waals surface area contributed by atoms with Crippen LogP contribution in [0.1, 0.15) is 24.5 Å². The highest BCUT2D eigenvalue weighted by Crippen LogP contribution is 2.18. The molecule has 0 bridgehead atoms. The molecule has 1 atom stereocenters. The average molecular weight is 423 g/mol. The van der Waals surface area contributed by atoms with Crippen LogP contribution in [0.4, 0.5) is 0 Å². The SMILES string of the molecule is CC(Cc1ccsc1)NC(=O)CCc1ccc(S(=O)(=O)N2CCOCC2)cc1. The molecule has 0 saturated carbocycles. The van der Waals surface area contributed by atoms with Gasteiger partial charge in [-0.05, 0) is 59.9 Å². The first-order valence-electron chi connectivity index (χ1n) is 9.42.